The molecule has 0 aliphatic carbocycles. The van der Waals surface area contributed by atoms with Crippen LogP contribution in [0.5, 0.6) is 0 Å². The van der Waals surface area contributed by atoms with Gasteiger partial charge in [0.25, 0.3) is 5.92 Å². The summed E-state index contributed by atoms with van der Waals surface area (Å²) in [6.07, 6.45) is -0.344. The molecule has 1 amide bonds. The SMILES string of the molecule is COCC1CC(F)(F)CN1C(=O)CCl. The first kappa shape index (κ1) is 11.7. The van der Waals surface area contributed by atoms with Crippen LogP contribution in [0.4, 0.5) is 8.78 Å². The van der Waals surface area contributed by atoms with Gasteiger partial charge in [0.2, 0.25) is 5.91 Å². The second-order valence-corrected chi connectivity index (χ2v) is 3.59. The maximum Gasteiger partial charge on any atom is 0.267 e. The fourth-order valence-electron chi connectivity index (χ4n) is 1.61. The number of carbonyl (C=O) groups excluding carboxylic acids is 1. The molecule has 0 N–H and O–H groups in total. The van der Waals surface area contributed by atoms with Crippen molar-refractivity contribution < 1.29 is 18.3 Å². The standard InChI is InChI=1S/C8H12ClF2NO2/c1-14-4-6-2-8(10,11)5-12(6)7(13)3-9/h6H,2-5H2,1H3. The van der Waals surface area contributed by atoms with Gasteiger partial charge < -0.3 is 9.64 Å². The number of likely N-dealkylation sites (tertiary alicyclic amines) is 1. The molecule has 1 aliphatic heterocycles. The first-order valence-corrected chi connectivity index (χ1v) is 4.76. The highest BCUT2D eigenvalue weighted by molar-refractivity contribution is 6.27. The van der Waals surface area contributed by atoms with Crippen LogP contribution in [-0.4, -0.2) is 48.9 Å². The predicted octanol–water partition coefficient (Wildman–Crippen LogP) is 1.11. The van der Waals surface area contributed by atoms with E-state index in [1.165, 1.54) is 7.11 Å². The first-order valence-electron chi connectivity index (χ1n) is 4.22. The minimum Gasteiger partial charge on any atom is -0.383 e. The number of halogens is 3. The molecule has 3 nitrogen and oxygen atoms in total. The van der Waals surface area contributed by atoms with Gasteiger partial charge in [-0.25, -0.2) is 8.78 Å². The zero-order chi connectivity index (χ0) is 10.8. The number of amides is 1. The van der Waals surface area contributed by atoms with Crippen molar-refractivity contribution in [2.24, 2.45) is 0 Å². The number of ether oxygens (including phenoxy) is 1. The molecule has 1 unspecified atom stereocenters. The number of hydrogen-bond acceptors (Lipinski definition) is 2. The molecule has 0 saturated carbocycles. The number of nitrogens with zero attached hydrogens (tertiary/aromatic N) is 1. The molecule has 14 heavy (non-hydrogen) atoms. The molecular weight excluding hydrogens is 216 g/mol. The lowest BCUT2D eigenvalue weighted by atomic mass is 10.2. The zero-order valence-electron chi connectivity index (χ0n) is 7.80. The van der Waals surface area contributed by atoms with Gasteiger partial charge in [-0.3, -0.25) is 4.79 Å². The van der Waals surface area contributed by atoms with E-state index in [0.717, 1.165) is 4.90 Å². The van der Waals surface area contributed by atoms with Crippen LogP contribution in [0.1, 0.15) is 6.42 Å². The molecular formula is C8H12ClF2NO2. The third-order valence-electron chi connectivity index (χ3n) is 2.17. The van der Waals surface area contributed by atoms with Crippen molar-refractivity contribution in [3.8, 4) is 0 Å². The van der Waals surface area contributed by atoms with Crippen LogP contribution in [0.25, 0.3) is 0 Å². The Morgan fingerprint density at radius 1 is 1.71 bits per heavy atom. The van der Waals surface area contributed by atoms with Crippen LogP contribution < -0.4 is 0 Å². The van der Waals surface area contributed by atoms with Crippen molar-refractivity contribution in [3.05, 3.63) is 0 Å². The lowest BCUT2D eigenvalue weighted by Gasteiger charge is -2.21. The Morgan fingerprint density at radius 2 is 2.36 bits per heavy atom. The van der Waals surface area contributed by atoms with Gasteiger partial charge in [0.1, 0.15) is 5.88 Å². The van der Waals surface area contributed by atoms with E-state index >= 15 is 0 Å². The third-order valence-corrected chi connectivity index (χ3v) is 2.40. The summed E-state index contributed by atoms with van der Waals surface area (Å²) >= 11 is 5.31. The zero-order valence-corrected chi connectivity index (χ0v) is 8.56. The van der Waals surface area contributed by atoms with Gasteiger partial charge in [0, 0.05) is 13.5 Å². The Kier molecular flexibility index (Phi) is 3.66. The van der Waals surface area contributed by atoms with Crippen molar-refractivity contribution in [3.63, 3.8) is 0 Å². The van der Waals surface area contributed by atoms with E-state index in [0.29, 0.717) is 0 Å². The molecule has 0 radical (unpaired) electrons. The Morgan fingerprint density at radius 3 is 2.86 bits per heavy atom. The van der Waals surface area contributed by atoms with E-state index in [1.54, 1.807) is 0 Å². The van der Waals surface area contributed by atoms with Crippen molar-refractivity contribution in [1.29, 1.82) is 0 Å². The van der Waals surface area contributed by atoms with Crippen LogP contribution in [0, 0.1) is 0 Å². The maximum absolute atomic E-state index is 13.0. The molecule has 0 aromatic carbocycles. The number of alkyl halides is 3. The molecule has 1 atom stereocenters. The number of methoxy groups -OCH3 is 1. The summed E-state index contributed by atoms with van der Waals surface area (Å²) in [6, 6.07) is -0.554. The van der Waals surface area contributed by atoms with E-state index in [9.17, 15) is 13.6 Å². The van der Waals surface area contributed by atoms with E-state index < -0.39 is 24.4 Å². The number of rotatable bonds is 3. The quantitative estimate of drug-likeness (QED) is 0.676. The van der Waals surface area contributed by atoms with Gasteiger partial charge in [-0.2, -0.15) is 0 Å². The van der Waals surface area contributed by atoms with Crippen molar-refractivity contribution in [2.45, 2.75) is 18.4 Å². The lowest BCUT2D eigenvalue weighted by Crippen LogP contribution is -2.39. The van der Waals surface area contributed by atoms with Crippen molar-refractivity contribution in [2.75, 3.05) is 26.1 Å². The van der Waals surface area contributed by atoms with Gasteiger partial charge in [-0.15, -0.1) is 11.6 Å². The van der Waals surface area contributed by atoms with Crippen molar-refractivity contribution in [1.82, 2.24) is 4.90 Å². The summed E-state index contributed by atoms with van der Waals surface area (Å²) in [5.41, 5.74) is 0. The average molecular weight is 228 g/mol. The van der Waals surface area contributed by atoms with Crippen LogP contribution in [0.15, 0.2) is 0 Å². The number of hydrogen-bond donors (Lipinski definition) is 0. The van der Waals surface area contributed by atoms with Crippen LogP contribution in [0.2, 0.25) is 0 Å². The fraction of sp³-hybridized carbons (Fsp3) is 0.875. The Labute approximate surface area is 86.0 Å². The monoisotopic (exact) mass is 227 g/mol. The van der Waals surface area contributed by atoms with Crippen LogP contribution in [0.3, 0.4) is 0 Å². The molecule has 1 heterocycles. The summed E-state index contributed by atoms with van der Waals surface area (Å²) in [5, 5.41) is 0. The predicted molar refractivity (Wildman–Crippen MR) is 47.7 cm³/mol. The molecule has 0 bridgehead atoms. The summed E-state index contributed by atoms with van der Waals surface area (Å²) in [5.74, 6) is -3.55. The molecule has 6 heteroatoms. The molecule has 82 valence electrons. The summed E-state index contributed by atoms with van der Waals surface area (Å²) in [6.45, 7) is -0.426. The first-order chi connectivity index (χ1) is 6.50. The minimum absolute atomic E-state index is 0.123. The second-order valence-electron chi connectivity index (χ2n) is 3.32. The third kappa shape index (κ3) is 2.54. The largest absolute Gasteiger partial charge is 0.383 e. The summed E-state index contributed by atoms with van der Waals surface area (Å²) in [7, 11) is 1.42. The molecule has 1 rings (SSSR count). The summed E-state index contributed by atoms with van der Waals surface area (Å²) in [4.78, 5) is 12.3. The van der Waals surface area contributed by atoms with Gasteiger partial charge >= 0.3 is 0 Å². The molecule has 1 aliphatic rings. The van der Waals surface area contributed by atoms with Gasteiger partial charge in [-0.05, 0) is 0 Å². The highest BCUT2D eigenvalue weighted by Crippen LogP contribution is 2.32. The molecule has 0 spiro atoms. The molecule has 0 aromatic heterocycles. The topological polar surface area (TPSA) is 29.5 Å². The average Bonchev–Trinajstić information content (AvgIpc) is 2.41. The van der Waals surface area contributed by atoms with E-state index in [2.05, 4.69) is 0 Å². The number of carbonyl (C=O) groups is 1. The minimum atomic E-state index is -2.81. The highest BCUT2D eigenvalue weighted by Gasteiger charge is 2.46. The van der Waals surface area contributed by atoms with Crippen molar-refractivity contribution >= 4 is 17.5 Å². The van der Waals surface area contributed by atoms with E-state index in [-0.39, 0.29) is 18.9 Å². The summed E-state index contributed by atoms with van der Waals surface area (Å²) < 4.78 is 30.7. The van der Waals surface area contributed by atoms with E-state index in [1.807, 2.05) is 0 Å². The lowest BCUT2D eigenvalue weighted by molar-refractivity contribution is -0.131. The van der Waals surface area contributed by atoms with Gasteiger partial charge in [0.05, 0.1) is 19.2 Å². The molecule has 1 saturated heterocycles. The smallest absolute Gasteiger partial charge is 0.267 e. The van der Waals surface area contributed by atoms with E-state index in [4.69, 9.17) is 16.3 Å². The Balaban J connectivity index is 2.67. The molecule has 0 aromatic rings. The highest BCUT2D eigenvalue weighted by atomic mass is 35.5. The Hall–Kier alpha value is -0.420. The molecule has 1 fully saturated rings. The second kappa shape index (κ2) is 4.40. The van der Waals surface area contributed by atoms with Crippen LogP contribution >= 0.6 is 11.6 Å². The fourth-order valence-corrected chi connectivity index (χ4v) is 1.76. The Bertz CT molecular complexity index is 225. The van der Waals surface area contributed by atoms with Gasteiger partial charge in [0.15, 0.2) is 0 Å². The maximum atomic E-state index is 13.0. The van der Waals surface area contributed by atoms with Crippen LogP contribution in [-0.2, 0) is 9.53 Å². The normalized spacial score (nSPS) is 25.4. The van der Waals surface area contributed by atoms with Gasteiger partial charge in [-0.1, -0.05) is 0 Å².